The van der Waals surface area contributed by atoms with Crippen LogP contribution in [-0.2, 0) is 0 Å². The van der Waals surface area contributed by atoms with Gasteiger partial charge in [0, 0.05) is 14.5 Å². The minimum Gasteiger partial charge on any atom is -0.457 e. The molecule has 4 heteroatoms. The summed E-state index contributed by atoms with van der Waals surface area (Å²) in [4.78, 5) is 11.4. The van der Waals surface area contributed by atoms with Crippen LogP contribution in [0.3, 0.4) is 0 Å². The van der Waals surface area contributed by atoms with Crippen molar-refractivity contribution in [1.29, 1.82) is 0 Å². The summed E-state index contributed by atoms with van der Waals surface area (Å²) in [6, 6.07) is 11.2. The summed E-state index contributed by atoms with van der Waals surface area (Å²) in [5, 5.41) is 0. The zero-order valence-corrected chi connectivity index (χ0v) is 13.7. The van der Waals surface area contributed by atoms with Crippen molar-refractivity contribution in [2.24, 2.45) is 0 Å². The average Bonchev–Trinajstić information content (AvgIpc) is 2.33. The second-order valence-electron chi connectivity index (χ2n) is 4.21. The van der Waals surface area contributed by atoms with Gasteiger partial charge in [-0.3, -0.25) is 4.79 Å². The van der Waals surface area contributed by atoms with Gasteiger partial charge in [-0.1, -0.05) is 22.0 Å². The molecule has 0 heterocycles. The molecule has 2 aromatic rings. The number of carbonyl (C=O) groups excluding carboxylic acids is 1. The van der Waals surface area contributed by atoms with Crippen LogP contribution < -0.4 is 4.74 Å². The Morgan fingerprint density at radius 3 is 2.47 bits per heavy atom. The second kappa shape index (κ2) is 5.88. The molecule has 2 nitrogen and oxygen atoms in total. The number of Topliss-reactive ketones (excluding diaryl/α,β-unsaturated/α-hetero) is 1. The predicted octanol–water partition coefficient (Wildman–Crippen LogP) is 5.51. The lowest BCUT2D eigenvalue weighted by Crippen LogP contribution is -1.94. The molecular formula is C15H12Br2O2. The summed E-state index contributed by atoms with van der Waals surface area (Å²) < 4.78 is 7.54. The van der Waals surface area contributed by atoms with Crippen LogP contribution >= 0.6 is 31.9 Å². The van der Waals surface area contributed by atoms with Crippen molar-refractivity contribution in [1.82, 2.24) is 0 Å². The van der Waals surface area contributed by atoms with Crippen molar-refractivity contribution in [2.45, 2.75) is 13.8 Å². The van der Waals surface area contributed by atoms with Gasteiger partial charge in [-0.15, -0.1) is 0 Å². The normalized spacial score (nSPS) is 10.3. The Labute approximate surface area is 129 Å². The summed E-state index contributed by atoms with van der Waals surface area (Å²) in [6.45, 7) is 3.53. The molecular weight excluding hydrogens is 372 g/mol. The fraction of sp³-hybridized carbons (Fsp3) is 0.133. The van der Waals surface area contributed by atoms with Gasteiger partial charge < -0.3 is 4.74 Å². The van der Waals surface area contributed by atoms with Gasteiger partial charge in [-0.25, -0.2) is 0 Å². The van der Waals surface area contributed by atoms with E-state index in [9.17, 15) is 4.79 Å². The lowest BCUT2D eigenvalue weighted by molar-refractivity contribution is 0.101. The Balaban J connectivity index is 2.31. The monoisotopic (exact) mass is 382 g/mol. The first-order valence-corrected chi connectivity index (χ1v) is 7.30. The molecule has 0 radical (unpaired) electrons. The van der Waals surface area contributed by atoms with E-state index in [0.717, 1.165) is 20.3 Å². The molecule has 0 fully saturated rings. The molecule has 2 rings (SSSR count). The number of rotatable bonds is 3. The Morgan fingerprint density at radius 1 is 1.11 bits per heavy atom. The van der Waals surface area contributed by atoms with Crippen molar-refractivity contribution >= 4 is 37.6 Å². The molecule has 0 spiro atoms. The summed E-state index contributed by atoms with van der Waals surface area (Å²) in [7, 11) is 0. The van der Waals surface area contributed by atoms with Crippen LogP contribution in [0.5, 0.6) is 11.5 Å². The van der Waals surface area contributed by atoms with Gasteiger partial charge in [0.15, 0.2) is 5.78 Å². The maximum atomic E-state index is 11.4. The minimum atomic E-state index is 0.0251. The van der Waals surface area contributed by atoms with Crippen LogP contribution in [0.2, 0.25) is 0 Å². The van der Waals surface area contributed by atoms with Crippen LogP contribution in [0.15, 0.2) is 45.3 Å². The molecule has 0 bridgehead atoms. The van der Waals surface area contributed by atoms with Gasteiger partial charge in [0.1, 0.15) is 11.5 Å². The first-order valence-electron chi connectivity index (χ1n) is 5.72. The molecule has 0 saturated carbocycles. The van der Waals surface area contributed by atoms with Crippen molar-refractivity contribution in [2.75, 3.05) is 0 Å². The zero-order valence-electron chi connectivity index (χ0n) is 10.5. The van der Waals surface area contributed by atoms with Gasteiger partial charge in [-0.2, -0.15) is 0 Å². The fourth-order valence-electron chi connectivity index (χ4n) is 1.66. The Hall–Kier alpha value is -1.13. The minimum absolute atomic E-state index is 0.0251. The van der Waals surface area contributed by atoms with E-state index in [4.69, 9.17) is 4.74 Å². The molecule has 0 aromatic heterocycles. The number of carbonyl (C=O) groups is 1. The van der Waals surface area contributed by atoms with Crippen LogP contribution in [0.1, 0.15) is 22.8 Å². The summed E-state index contributed by atoms with van der Waals surface area (Å²) >= 11 is 6.80. The molecule has 0 amide bonds. The van der Waals surface area contributed by atoms with E-state index >= 15 is 0 Å². The molecule has 0 N–H and O–H groups in total. The Bertz CT molecular complexity index is 636. The maximum Gasteiger partial charge on any atom is 0.160 e. The first kappa shape index (κ1) is 14.3. The van der Waals surface area contributed by atoms with E-state index in [1.54, 1.807) is 25.1 Å². The maximum absolute atomic E-state index is 11.4. The smallest absolute Gasteiger partial charge is 0.160 e. The van der Waals surface area contributed by atoms with E-state index in [-0.39, 0.29) is 5.78 Å². The first-order chi connectivity index (χ1) is 8.97. The standard InChI is InChI=1S/C15H12Br2O2/c1-9-3-4-11(16)7-15(9)19-12-5-6-13(10(2)18)14(17)8-12/h3-8H,1-2H3. The third-order valence-corrected chi connectivity index (χ3v) is 3.85. The van der Waals surface area contributed by atoms with E-state index in [1.807, 2.05) is 25.1 Å². The van der Waals surface area contributed by atoms with Crippen molar-refractivity contribution in [3.05, 3.63) is 56.5 Å². The Morgan fingerprint density at radius 2 is 1.84 bits per heavy atom. The molecule has 98 valence electrons. The number of ketones is 1. The predicted molar refractivity (Wildman–Crippen MR) is 83.1 cm³/mol. The summed E-state index contributed by atoms with van der Waals surface area (Å²) in [5.41, 5.74) is 1.70. The van der Waals surface area contributed by atoms with Gasteiger partial charge in [0.2, 0.25) is 0 Å². The SMILES string of the molecule is CC(=O)c1ccc(Oc2cc(Br)ccc2C)cc1Br. The summed E-state index contributed by atoms with van der Waals surface area (Å²) in [6.07, 6.45) is 0. The van der Waals surface area contributed by atoms with Crippen LogP contribution in [0.25, 0.3) is 0 Å². The molecule has 19 heavy (non-hydrogen) atoms. The van der Waals surface area contributed by atoms with Gasteiger partial charge in [-0.05, 0) is 65.7 Å². The fourth-order valence-corrected chi connectivity index (χ4v) is 2.63. The van der Waals surface area contributed by atoms with E-state index in [1.165, 1.54) is 0 Å². The number of ether oxygens (including phenoxy) is 1. The third-order valence-electron chi connectivity index (χ3n) is 2.70. The highest BCUT2D eigenvalue weighted by molar-refractivity contribution is 9.10. The zero-order chi connectivity index (χ0) is 14.0. The lowest BCUT2D eigenvalue weighted by Gasteiger charge is -2.10. The van der Waals surface area contributed by atoms with Crippen molar-refractivity contribution in [3.8, 4) is 11.5 Å². The number of hydrogen-bond donors (Lipinski definition) is 0. The van der Waals surface area contributed by atoms with Crippen LogP contribution in [-0.4, -0.2) is 5.78 Å². The molecule has 0 unspecified atom stereocenters. The number of halogens is 2. The topological polar surface area (TPSA) is 26.3 Å². The highest BCUT2D eigenvalue weighted by Gasteiger charge is 2.08. The van der Waals surface area contributed by atoms with Crippen LogP contribution in [0.4, 0.5) is 0 Å². The van der Waals surface area contributed by atoms with Gasteiger partial charge >= 0.3 is 0 Å². The lowest BCUT2D eigenvalue weighted by atomic mass is 10.1. The molecule has 0 aliphatic rings. The highest BCUT2D eigenvalue weighted by atomic mass is 79.9. The van der Waals surface area contributed by atoms with Gasteiger partial charge in [0.25, 0.3) is 0 Å². The van der Waals surface area contributed by atoms with Crippen molar-refractivity contribution < 1.29 is 9.53 Å². The van der Waals surface area contributed by atoms with E-state index < -0.39 is 0 Å². The molecule has 0 aliphatic carbocycles. The third kappa shape index (κ3) is 3.45. The molecule has 0 saturated heterocycles. The quantitative estimate of drug-likeness (QED) is 0.652. The van der Waals surface area contributed by atoms with E-state index in [0.29, 0.717) is 11.3 Å². The molecule has 2 aromatic carbocycles. The molecule has 0 aliphatic heterocycles. The average molecular weight is 384 g/mol. The number of benzene rings is 2. The van der Waals surface area contributed by atoms with Crippen LogP contribution in [0, 0.1) is 6.92 Å². The van der Waals surface area contributed by atoms with Crippen molar-refractivity contribution in [3.63, 3.8) is 0 Å². The second-order valence-corrected chi connectivity index (χ2v) is 5.98. The largest absolute Gasteiger partial charge is 0.457 e. The van der Waals surface area contributed by atoms with Gasteiger partial charge in [0.05, 0.1) is 0 Å². The number of aryl methyl sites for hydroxylation is 1. The molecule has 0 atom stereocenters. The summed E-state index contributed by atoms with van der Waals surface area (Å²) in [5.74, 6) is 1.51. The van der Waals surface area contributed by atoms with E-state index in [2.05, 4.69) is 31.9 Å². The highest BCUT2D eigenvalue weighted by Crippen LogP contribution is 2.30. The number of hydrogen-bond acceptors (Lipinski definition) is 2. The Kier molecular flexibility index (Phi) is 4.42.